The largest absolute Gasteiger partial charge is 0.426 e. The second kappa shape index (κ2) is 7.94. The summed E-state index contributed by atoms with van der Waals surface area (Å²) < 4.78 is 18.0. The molecule has 0 saturated carbocycles. The van der Waals surface area contributed by atoms with Crippen molar-refractivity contribution < 1.29 is 23.6 Å². The summed E-state index contributed by atoms with van der Waals surface area (Å²) in [4.78, 5) is 31.6. The maximum absolute atomic E-state index is 12.2. The van der Waals surface area contributed by atoms with Crippen molar-refractivity contribution >= 4 is 44.1 Å². The highest BCUT2D eigenvalue weighted by Crippen LogP contribution is 2.27. The first-order chi connectivity index (χ1) is 11.8. The first kappa shape index (κ1) is 18.7. The molecule has 2 aromatic rings. The Balaban J connectivity index is 2.17. The van der Waals surface area contributed by atoms with Gasteiger partial charge in [-0.1, -0.05) is 15.9 Å². The average Bonchev–Trinajstić information content (AvgIpc) is 2.56. The third kappa shape index (κ3) is 4.90. The lowest BCUT2D eigenvalue weighted by molar-refractivity contribution is -0.396. The Morgan fingerprint density at radius 1 is 1.08 bits per heavy atom. The zero-order valence-electron chi connectivity index (χ0n) is 12.3. The summed E-state index contributed by atoms with van der Waals surface area (Å²) in [6, 6.07) is 8.99. The smallest absolute Gasteiger partial charge is 0.324 e. The van der Waals surface area contributed by atoms with Crippen molar-refractivity contribution in [2.45, 2.75) is 4.90 Å². The van der Waals surface area contributed by atoms with Crippen LogP contribution in [0.2, 0.25) is 0 Å². The van der Waals surface area contributed by atoms with Crippen LogP contribution in [0.15, 0.2) is 51.8 Å². The van der Waals surface area contributed by atoms with Gasteiger partial charge in [0.15, 0.2) is 0 Å². The number of ether oxygens (including phenoxy) is 1. The highest BCUT2D eigenvalue weighted by Gasteiger charge is 2.25. The Bertz CT molecular complexity index is 870. The van der Waals surface area contributed by atoms with Gasteiger partial charge in [0.2, 0.25) is 0 Å². The number of nitro groups is 2. The minimum absolute atomic E-state index is 0.225. The Morgan fingerprint density at radius 2 is 1.72 bits per heavy atom. The Kier molecular flexibility index (Phi) is 5.93. The zero-order chi connectivity index (χ0) is 18.6. The van der Waals surface area contributed by atoms with E-state index in [0.717, 1.165) is 16.6 Å². The van der Waals surface area contributed by atoms with E-state index in [0.29, 0.717) is 6.07 Å². The van der Waals surface area contributed by atoms with Gasteiger partial charge in [0, 0.05) is 10.5 Å². The molecular formula is C14H9BrN2O7S. The molecule has 25 heavy (non-hydrogen) atoms. The van der Waals surface area contributed by atoms with Gasteiger partial charge < -0.3 is 4.74 Å². The second-order valence-corrected chi connectivity index (χ2v) is 6.92. The number of carbonyl (C=O) groups is 1. The van der Waals surface area contributed by atoms with Gasteiger partial charge in [-0.05, 0) is 30.3 Å². The molecule has 0 saturated heterocycles. The van der Waals surface area contributed by atoms with Crippen molar-refractivity contribution in [2.75, 3.05) is 5.75 Å². The van der Waals surface area contributed by atoms with Crippen LogP contribution in [0.3, 0.4) is 0 Å². The van der Waals surface area contributed by atoms with E-state index in [9.17, 15) is 29.2 Å². The molecule has 0 bridgehead atoms. The monoisotopic (exact) mass is 428 g/mol. The number of benzene rings is 2. The molecule has 0 radical (unpaired) electrons. The fourth-order valence-electron chi connectivity index (χ4n) is 1.80. The second-order valence-electron chi connectivity index (χ2n) is 4.58. The lowest BCUT2D eigenvalue weighted by atomic mass is 10.3. The summed E-state index contributed by atoms with van der Waals surface area (Å²) >= 11 is 3.22. The minimum Gasteiger partial charge on any atom is -0.426 e. The number of halogens is 1. The maximum Gasteiger partial charge on any atom is 0.324 e. The van der Waals surface area contributed by atoms with Crippen molar-refractivity contribution in [3.05, 3.63) is 67.2 Å². The van der Waals surface area contributed by atoms with Crippen LogP contribution in [0.5, 0.6) is 5.75 Å². The van der Waals surface area contributed by atoms with E-state index in [1.807, 2.05) is 0 Å². The van der Waals surface area contributed by atoms with Crippen LogP contribution in [-0.2, 0) is 15.6 Å². The van der Waals surface area contributed by atoms with Gasteiger partial charge in [0.25, 0.3) is 11.4 Å². The Hall–Kier alpha value is -2.66. The van der Waals surface area contributed by atoms with Gasteiger partial charge in [0.05, 0.1) is 26.7 Å². The number of nitrogens with zero attached hydrogens (tertiary/aromatic N) is 2. The lowest BCUT2D eigenvalue weighted by Crippen LogP contribution is -2.17. The van der Waals surface area contributed by atoms with Gasteiger partial charge >= 0.3 is 5.97 Å². The van der Waals surface area contributed by atoms with Crippen molar-refractivity contribution in [2.24, 2.45) is 0 Å². The van der Waals surface area contributed by atoms with Crippen LogP contribution in [-0.4, -0.2) is 25.8 Å². The fourth-order valence-corrected chi connectivity index (χ4v) is 3.08. The molecule has 0 aromatic heterocycles. The van der Waals surface area contributed by atoms with Crippen LogP contribution in [0.25, 0.3) is 0 Å². The molecule has 0 aliphatic carbocycles. The van der Waals surface area contributed by atoms with Gasteiger partial charge in [-0.2, -0.15) is 0 Å². The lowest BCUT2D eigenvalue weighted by Gasteiger charge is -2.05. The van der Waals surface area contributed by atoms with E-state index in [1.54, 1.807) is 12.1 Å². The summed E-state index contributed by atoms with van der Waals surface area (Å²) in [5, 5.41) is 21.7. The fraction of sp³-hybridized carbons (Fsp3) is 0.0714. The van der Waals surface area contributed by atoms with Crippen LogP contribution in [0.4, 0.5) is 11.4 Å². The molecule has 0 aliphatic heterocycles. The third-order valence-corrected chi connectivity index (χ3v) is 4.75. The minimum atomic E-state index is -2.09. The molecule has 0 N–H and O–H groups in total. The summed E-state index contributed by atoms with van der Waals surface area (Å²) in [6.07, 6.45) is 0. The maximum atomic E-state index is 12.2. The number of nitro benzene ring substituents is 2. The standard InChI is InChI=1S/C14H9BrN2O7S/c15-9-1-4-11(5-2-9)24-14(18)8-25(23)13-6-3-10(16(19)20)7-12(13)17(21)22/h1-7H,8H2. The van der Waals surface area contributed by atoms with Crippen molar-refractivity contribution in [3.8, 4) is 5.75 Å². The van der Waals surface area contributed by atoms with Crippen LogP contribution >= 0.6 is 15.9 Å². The molecular weight excluding hydrogens is 420 g/mol. The first-order valence-electron chi connectivity index (χ1n) is 6.55. The molecule has 1 unspecified atom stereocenters. The molecule has 130 valence electrons. The normalized spacial score (nSPS) is 11.6. The highest BCUT2D eigenvalue weighted by molar-refractivity contribution is 9.10. The molecule has 2 rings (SSSR count). The number of hydrogen-bond acceptors (Lipinski definition) is 7. The molecule has 11 heteroatoms. The van der Waals surface area contributed by atoms with Crippen LogP contribution < -0.4 is 4.74 Å². The number of rotatable bonds is 6. The summed E-state index contributed by atoms with van der Waals surface area (Å²) in [7, 11) is -2.09. The molecule has 0 heterocycles. The molecule has 0 fully saturated rings. The first-order valence-corrected chi connectivity index (χ1v) is 8.66. The molecule has 1 atom stereocenters. The van der Waals surface area contributed by atoms with E-state index in [-0.39, 0.29) is 10.6 Å². The third-order valence-electron chi connectivity index (χ3n) is 2.89. The molecule has 9 nitrogen and oxygen atoms in total. The Morgan fingerprint density at radius 3 is 2.28 bits per heavy atom. The van der Waals surface area contributed by atoms with Crippen LogP contribution in [0, 0.1) is 20.2 Å². The van der Waals surface area contributed by atoms with Crippen molar-refractivity contribution in [1.29, 1.82) is 0 Å². The van der Waals surface area contributed by atoms with E-state index < -0.39 is 43.7 Å². The number of non-ortho nitro benzene ring substituents is 1. The number of hydrogen-bond donors (Lipinski definition) is 0. The predicted octanol–water partition coefficient (Wildman–Crippen LogP) is 2.98. The van der Waals surface area contributed by atoms with Gasteiger partial charge in [-0.25, -0.2) is 0 Å². The van der Waals surface area contributed by atoms with Crippen molar-refractivity contribution in [3.63, 3.8) is 0 Å². The molecule has 2 aromatic carbocycles. The van der Waals surface area contributed by atoms with Gasteiger partial charge in [0.1, 0.15) is 16.4 Å². The van der Waals surface area contributed by atoms with E-state index in [2.05, 4.69) is 15.9 Å². The topological polar surface area (TPSA) is 130 Å². The highest BCUT2D eigenvalue weighted by atomic mass is 79.9. The summed E-state index contributed by atoms with van der Waals surface area (Å²) in [5.41, 5.74) is -1.20. The molecule has 0 amide bonds. The molecule has 0 aliphatic rings. The summed E-state index contributed by atoms with van der Waals surface area (Å²) in [6.45, 7) is 0. The van der Waals surface area contributed by atoms with Crippen molar-refractivity contribution in [1.82, 2.24) is 0 Å². The number of carbonyl (C=O) groups excluding carboxylic acids is 1. The number of esters is 1. The zero-order valence-corrected chi connectivity index (χ0v) is 14.7. The Labute approximate surface area is 151 Å². The van der Waals surface area contributed by atoms with E-state index >= 15 is 0 Å². The van der Waals surface area contributed by atoms with E-state index in [4.69, 9.17) is 4.74 Å². The summed E-state index contributed by atoms with van der Waals surface area (Å²) in [5.74, 6) is -1.26. The predicted molar refractivity (Wildman–Crippen MR) is 90.8 cm³/mol. The quantitative estimate of drug-likeness (QED) is 0.299. The molecule has 0 spiro atoms. The van der Waals surface area contributed by atoms with Gasteiger partial charge in [-0.15, -0.1) is 0 Å². The SMILES string of the molecule is O=C(CS(=O)c1ccc([N+](=O)[O-])cc1[N+](=O)[O-])Oc1ccc(Br)cc1. The van der Waals surface area contributed by atoms with Crippen LogP contribution in [0.1, 0.15) is 0 Å². The average molecular weight is 429 g/mol. The van der Waals surface area contributed by atoms with E-state index in [1.165, 1.54) is 12.1 Å². The van der Waals surface area contributed by atoms with Gasteiger partial charge in [-0.3, -0.25) is 29.2 Å².